The van der Waals surface area contributed by atoms with E-state index in [1.807, 2.05) is 30.3 Å². The fourth-order valence-corrected chi connectivity index (χ4v) is 5.24. The molecule has 2 aromatic carbocycles. The average molecular weight is 406 g/mol. The van der Waals surface area contributed by atoms with Crippen molar-refractivity contribution in [2.75, 3.05) is 0 Å². The fraction of sp³-hybridized carbons (Fsp3) is 0.150. The number of rotatable bonds is 6. The first-order valence-corrected chi connectivity index (χ1v) is 10.4. The van der Waals surface area contributed by atoms with E-state index >= 15 is 0 Å². The van der Waals surface area contributed by atoms with Gasteiger partial charge in [0.05, 0.1) is 10.1 Å². The Hall–Kier alpha value is -1.88. The van der Waals surface area contributed by atoms with Gasteiger partial charge in [0, 0.05) is 22.4 Å². The van der Waals surface area contributed by atoms with Crippen LogP contribution in [0.25, 0.3) is 0 Å². The van der Waals surface area contributed by atoms with Crippen molar-refractivity contribution in [3.05, 3.63) is 94.2 Å². The van der Waals surface area contributed by atoms with E-state index in [1.165, 1.54) is 6.20 Å². The molecule has 0 N–H and O–H groups in total. The summed E-state index contributed by atoms with van der Waals surface area (Å²) >= 11 is 12.3. The van der Waals surface area contributed by atoms with Crippen molar-refractivity contribution < 1.29 is 8.42 Å². The molecule has 0 aliphatic heterocycles. The second kappa shape index (κ2) is 8.21. The number of hydrogen-bond donors (Lipinski definition) is 0. The van der Waals surface area contributed by atoms with Gasteiger partial charge in [-0.25, -0.2) is 8.42 Å². The van der Waals surface area contributed by atoms with E-state index in [2.05, 4.69) is 4.98 Å². The predicted molar refractivity (Wildman–Crippen MR) is 105 cm³/mol. The maximum absolute atomic E-state index is 13.3. The summed E-state index contributed by atoms with van der Waals surface area (Å²) in [6, 6.07) is 17.9. The molecule has 1 unspecified atom stereocenters. The summed E-state index contributed by atoms with van der Waals surface area (Å²) in [4.78, 5) is 4.13. The number of pyridine rings is 1. The number of halogens is 2. The topological polar surface area (TPSA) is 47.0 Å². The summed E-state index contributed by atoms with van der Waals surface area (Å²) in [6.07, 6.45) is 3.94. The molecule has 0 fully saturated rings. The van der Waals surface area contributed by atoms with Crippen LogP contribution >= 0.6 is 23.2 Å². The van der Waals surface area contributed by atoms with Crippen LogP contribution in [0, 0.1) is 0 Å². The lowest BCUT2D eigenvalue weighted by atomic mass is 10.0. The van der Waals surface area contributed by atoms with Gasteiger partial charge in [0.25, 0.3) is 0 Å². The Kier molecular flexibility index (Phi) is 5.97. The lowest BCUT2D eigenvalue weighted by Crippen LogP contribution is -2.15. The van der Waals surface area contributed by atoms with E-state index < -0.39 is 15.1 Å². The number of hydrogen-bond acceptors (Lipinski definition) is 3. The molecule has 1 heterocycles. The van der Waals surface area contributed by atoms with Crippen molar-refractivity contribution >= 4 is 33.0 Å². The first kappa shape index (κ1) is 18.9. The monoisotopic (exact) mass is 405 g/mol. The first-order valence-electron chi connectivity index (χ1n) is 8.11. The standard InChI is InChI=1S/C20H17Cl2NO2S/c21-16-9-10-18(19(22)13-16)20(11-8-15-5-2-1-3-6-15)26(24,25)17-7-4-12-23-14-17/h1-7,9-10,12-14,20H,8,11H2. The van der Waals surface area contributed by atoms with Crippen LogP contribution in [0.1, 0.15) is 22.8 Å². The zero-order valence-electron chi connectivity index (χ0n) is 13.8. The van der Waals surface area contributed by atoms with Gasteiger partial charge in [0.15, 0.2) is 9.84 Å². The van der Waals surface area contributed by atoms with Crippen LogP contribution in [0.2, 0.25) is 10.0 Å². The van der Waals surface area contributed by atoms with E-state index in [-0.39, 0.29) is 4.90 Å². The van der Waals surface area contributed by atoms with Gasteiger partial charge in [0.1, 0.15) is 0 Å². The number of nitrogens with zero attached hydrogens (tertiary/aromatic N) is 1. The molecular weight excluding hydrogens is 389 g/mol. The molecular formula is C20H17Cl2NO2S. The van der Waals surface area contributed by atoms with Crippen LogP contribution in [0.15, 0.2) is 78.0 Å². The Bertz CT molecular complexity index is 977. The molecule has 3 rings (SSSR count). The van der Waals surface area contributed by atoms with Crippen LogP contribution < -0.4 is 0 Å². The molecule has 3 nitrogen and oxygen atoms in total. The second-order valence-electron chi connectivity index (χ2n) is 5.91. The van der Waals surface area contributed by atoms with E-state index in [9.17, 15) is 8.42 Å². The molecule has 1 aromatic heterocycles. The molecule has 0 aliphatic rings. The number of sulfone groups is 1. The van der Waals surface area contributed by atoms with Crippen molar-refractivity contribution in [1.29, 1.82) is 0 Å². The minimum Gasteiger partial charge on any atom is -0.263 e. The molecule has 0 saturated carbocycles. The Labute approximate surface area is 163 Å². The minimum atomic E-state index is -3.65. The third-order valence-electron chi connectivity index (χ3n) is 4.18. The molecule has 1 atom stereocenters. The van der Waals surface area contributed by atoms with Crippen LogP contribution in [0.5, 0.6) is 0 Å². The molecule has 0 saturated heterocycles. The molecule has 0 aliphatic carbocycles. The highest BCUT2D eigenvalue weighted by Gasteiger charge is 2.30. The molecule has 26 heavy (non-hydrogen) atoms. The maximum atomic E-state index is 13.3. The van der Waals surface area contributed by atoms with Gasteiger partial charge in [0.2, 0.25) is 0 Å². The van der Waals surface area contributed by atoms with Gasteiger partial charge >= 0.3 is 0 Å². The van der Waals surface area contributed by atoms with Crippen LogP contribution in [-0.2, 0) is 16.3 Å². The predicted octanol–water partition coefficient (Wildman–Crippen LogP) is 5.54. The van der Waals surface area contributed by atoms with E-state index in [1.54, 1.807) is 36.5 Å². The van der Waals surface area contributed by atoms with Crippen molar-refractivity contribution in [2.24, 2.45) is 0 Å². The van der Waals surface area contributed by atoms with E-state index in [0.717, 1.165) is 5.56 Å². The van der Waals surface area contributed by atoms with Crippen LogP contribution in [0.3, 0.4) is 0 Å². The molecule has 0 bridgehead atoms. The summed E-state index contributed by atoms with van der Waals surface area (Å²) in [5, 5.41) is 0.0408. The molecule has 3 aromatic rings. The molecule has 0 spiro atoms. The summed E-state index contributed by atoms with van der Waals surface area (Å²) in [5.74, 6) is 0. The number of benzene rings is 2. The highest BCUT2D eigenvalue weighted by Crippen LogP contribution is 2.37. The third-order valence-corrected chi connectivity index (χ3v) is 6.88. The van der Waals surface area contributed by atoms with E-state index in [4.69, 9.17) is 23.2 Å². The summed E-state index contributed by atoms with van der Waals surface area (Å²) < 4.78 is 26.5. The first-order chi connectivity index (χ1) is 12.5. The molecule has 134 valence electrons. The fourth-order valence-electron chi connectivity index (χ4n) is 2.86. The van der Waals surface area contributed by atoms with Gasteiger partial charge in [-0.2, -0.15) is 0 Å². The zero-order valence-corrected chi connectivity index (χ0v) is 16.2. The molecule has 6 heteroatoms. The molecule has 0 amide bonds. The van der Waals surface area contributed by atoms with Crippen LogP contribution in [0.4, 0.5) is 0 Å². The normalized spacial score (nSPS) is 12.7. The quantitative estimate of drug-likeness (QED) is 0.540. The maximum Gasteiger partial charge on any atom is 0.186 e. The summed E-state index contributed by atoms with van der Waals surface area (Å²) in [7, 11) is -3.65. The third kappa shape index (κ3) is 4.26. The average Bonchev–Trinajstić information content (AvgIpc) is 2.65. The van der Waals surface area contributed by atoms with Gasteiger partial charge in [-0.1, -0.05) is 59.6 Å². The van der Waals surface area contributed by atoms with Crippen molar-refractivity contribution in [3.8, 4) is 0 Å². The second-order valence-corrected chi connectivity index (χ2v) is 8.89. The SMILES string of the molecule is O=S(=O)(c1cccnc1)C(CCc1ccccc1)c1ccc(Cl)cc1Cl. The van der Waals surface area contributed by atoms with E-state index in [0.29, 0.717) is 28.5 Å². The highest BCUT2D eigenvalue weighted by atomic mass is 35.5. The van der Waals surface area contributed by atoms with Gasteiger partial charge < -0.3 is 0 Å². The number of aromatic nitrogens is 1. The van der Waals surface area contributed by atoms with Crippen molar-refractivity contribution in [3.63, 3.8) is 0 Å². The van der Waals surface area contributed by atoms with Crippen LogP contribution in [-0.4, -0.2) is 13.4 Å². The Balaban J connectivity index is 2.01. The highest BCUT2D eigenvalue weighted by molar-refractivity contribution is 7.91. The number of aryl methyl sites for hydroxylation is 1. The summed E-state index contributed by atoms with van der Waals surface area (Å²) in [5.41, 5.74) is 1.62. The van der Waals surface area contributed by atoms with Gasteiger partial charge in [-0.3, -0.25) is 4.98 Å². The lowest BCUT2D eigenvalue weighted by Gasteiger charge is -2.19. The largest absolute Gasteiger partial charge is 0.263 e. The van der Waals surface area contributed by atoms with Crippen molar-refractivity contribution in [1.82, 2.24) is 4.98 Å². The van der Waals surface area contributed by atoms with Gasteiger partial charge in [-0.05, 0) is 48.2 Å². The summed E-state index contributed by atoms with van der Waals surface area (Å²) in [6.45, 7) is 0. The Morgan fingerprint density at radius 3 is 2.38 bits per heavy atom. The van der Waals surface area contributed by atoms with Crippen molar-refractivity contribution in [2.45, 2.75) is 23.0 Å². The Morgan fingerprint density at radius 1 is 0.962 bits per heavy atom. The molecule has 0 radical (unpaired) electrons. The lowest BCUT2D eigenvalue weighted by molar-refractivity contribution is 0.574. The smallest absolute Gasteiger partial charge is 0.186 e. The Morgan fingerprint density at radius 2 is 1.73 bits per heavy atom. The van der Waals surface area contributed by atoms with Gasteiger partial charge in [-0.15, -0.1) is 0 Å². The minimum absolute atomic E-state index is 0.184. The zero-order chi connectivity index (χ0) is 18.6.